The van der Waals surface area contributed by atoms with E-state index in [-0.39, 0.29) is 11.8 Å². The van der Waals surface area contributed by atoms with Gasteiger partial charge in [-0.25, -0.2) is 0 Å². The maximum atomic E-state index is 13.2. The molecule has 1 unspecified atom stereocenters. The van der Waals surface area contributed by atoms with E-state index in [1.165, 1.54) is 5.56 Å². The Bertz CT molecular complexity index is 675. The summed E-state index contributed by atoms with van der Waals surface area (Å²) in [4.78, 5) is 26.4. The van der Waals surface area contributed by atoms with E-state index >= 15 is 0 Å². The fraction of sp³-hybridized carbons (Fsp3) is 0.600. The number of hydrogen-bond donors (Lipinski definition) is 0. The van der Waals surface area contributed by atoms with Crippen molar-refractivity contribution in [3.63, 3.8) is 0 Å². The van der Waals surface area contributed by atoms with Gasteiger partial charge in [-0.15, -0.1) is 0 Å². The van der Waals surface area contributed by atoms with Crippen LogP contribution in [0.1, 0.15) is 42.0 Å². The van der Waals surface area contributed by atoms with Crippen LogP contribution in [0.2, 0.25) is 0 Å². The molecule has 0 bridgehead atoms. The Kier molecular flexibility index (Phi) is 4.07. The Labute approximate surface area is 148 Å². The summed E-state index contributed by atoms with van der Waals surface area (Å²) in [6.45, 7) is 8.89. The van der Waals surface area contributed by atoms with Gasteiger partial charge in [0.1, 0.15) is 5.92 Å². The second-order valence-electron chi connectivity index (χ2n) is 7.54. The van der Waals surface area contributed by atoms with Crippen molar-refractivity contribution in [2.75, 3.05) is 26.3 Å². The van der Waals surface area contributed by atoms with Crippen LogP contribution in [0.15, 0.2) is 12.1 Å². The van der Waals surface area contributed by atoms with E-state index < -0.39 is 5.92 Å². The highest BCUT2D eigenvalue weighted by atomic mass is 16.5. The van der Waals surface area contributed by atoms with Crippen molar-refractivity contribution in [3.05, 3.63) is 34.4 Å². The highest BCUT2D eigenvalue weighted by Gasteiger charge is 2.52. The number of amides is 2. The Morgan fingerprint density at radius 2 is 1.44 bits per heavy atom. The third kappa shape index (κ3) is 2.48. The molecule has 3 aliphatic rings. The molecule has 3 heterocycles. The summed E-state index contributed by atoms with van der Waals surface area (Å²) >= 11 is 0. The quantitative estimate of drug-likeness (QED) is 0.790. The van der Waals surface area contributed by atoms with E-state index in [0.717, 1.165) is 29.5 Å². The first-order chi connectivity index (χ1) is 12.0. The van der Waals surface area contributed by atoms with Crippen molar-refractivity contribution in [2.24, 2.45) is 11.8 Å². The molecule has 4 rings (SSSR count). The lowest BCUT2D eigenvalue weighted by molar-refractivity contribution is -0.155. The number of benzene rings is 1. The normalized spacial score (nSPS) is 28.5. The zero-order valence-corrected chi connectivity index (χ0v) is 15.2. The molecule has 0 saturated carbocycles. The molecule has 0 spiro atoms. The molecular formula is C20H26N2O3. The minimum atomic E-state index is -0.662. The summed E-state index contributed by atoms with van der Waals surface area (Å²) in [5.41, 5.74) is 4.42. The molecular weight excluding hydrogens is 316 g/mol. The van der Waals surface area contributed by atoms with Gasteiger partial charge in [0.15, 0.2) is 0 Å². The van der Waals surface area contributed by atoms with Crippen LogP contribution in [-0.2, 0) is 27.2 Å². The minimum absolute atomic E-state index is 0.0522. The summed E-state index contributed by atoms with van der Waals surface area (Å²) < 4.78 is 5.55. The van der Waals surface area contributed by atoms with Gasteiger partial charge in [0.2, 0.25) is 0 Å². The van der Waals surface area contributed by atoms with Crippen LogP contribution in [0.3, 0.4) is 0 Å². The van der Waals surface area contributed by atoms with Gasteiger partial charge in [-0.05, 0) is 36.5 Å². The Morgan fingerprint density at radius 3 is 1.88 bits per heavy atom. The molecule has 3 aliphatic heterocycles. The molecule has 2 amide bonds. The SMILES string of the molecule is CCc1cc(C)cc(CC)c1C1C(=O)N2C[C@H]3COC[C@H]3CN2C1=O. The van der Waals surface area contributed by atoms with E-state index in [1.807, 2.05) is 0 Å². The van der Waals surface area contributed by atoms with Crippen LogP contribution in [0, 0.1) is 18.8 Å². The molecule has 0 aliphatic carbocycles. The topological polar surface area (TPSA) is 49.9 Å². The second-order valence-corrected chi connectivity index (χ2v) is 7.54. The zero-order valence-electron chi connectivity index (χ0n) is 15.2. The van der Waals surface area contributed by atoms with Gasteiger partial charge in [0, 0.05) is 24.9 Å². The first kappa shape index (κ1) is 16.6. The lowest BCUT2D eigenvalue weighted by Gasteiger charge is -2.38. The van der Waals surface area contributed by atoms with Gasteiger partial charge in [0.25, 0.3) is 11.8 Å². The minimum Gasteiger partial charge on any atom is -0.381 e. The summed E-state index contributed by atoms with van der Waals surface area (Å²) in [6, 6.07) is 4.26. The van der Waals surface area contributed by atoms with Crippen molar-refractivity contribution in [2.45, 2.75) is 39.5 Å². The number of ether oxygens (including phenoxy) is 1. The monoisotopic (exact) mass is 342 g/mol. The lowest BCUT2D eigenvalue weighted by Crippen LogP contribution is -2.52. The lowest BCUT2D eigenvalue weighted by atomic mass is 9.85. The highest BCUT2D eigenvalue weighted by Crippen LogP contribution is 2.39. The number of carbonyl (C=O) groups is 2. The van der Waals surface area contributed by atoms with Crippen LogP contribution in [0.25, 0.3) is 0 Å². The molecule has 3 fully saturated rings. The fourth-order valence-electron chi connectivity index (χ4n) is 4.67. The molecule has 25 heavy (non-hydrogen) atoms. The van der Waals surface area contributed by atoms with E-state index in [9.17, 15) is 9.59 Å². The Hall–Kier alpha value is -1.88. The molecule has 0 N–H and O–H groups in total. The van der Waals surface area contributed by atoms with E-state index in [0.29, 0.717) is 38.1 Å². The van der Waals surface area contributed by atoms with Crippen molar-refractivity contribution in [1.82, 2.24) is 10.0 Å². The van der Waals surface area contributed by atoms with Crippen LogP contribution in [-0.4, -0.2) is 48.1 Å². The van der Waals surface area contributed by atoms with E-state index in [1.54, 1.807) is 10.0 Å². The standard InChI is InChI=1S/C20H26N2O3/c1-4-13-6-12(3)7-14(5-2)17(13)18-19(23)21-8-15-10-25-11-16(15)9-22(21)20(18)24/h6-7,15-16,18H,4-5,8-11H2,1-3H3/t15-,16+,18?. The van der Waals surface area contributed by atoms with Crippen LogP contribution >= 0.6 is 0 Å². The number of carbonyl (C=O) groups excluding carboxylic acids is 2. The first-order valence-corrected chi connectivity index (χ1v) is 9.37. The number of aryl methyl sites for hydroxylation is 3. The number of fused-ring (bicyclic) bond motifs is 2. The van der Waals surface area contributed by atoms with Gasteiger partial charge < -0.3 is 4.74 Å². The van der Waals surface area contributed by atoms with Crippen molar-refractivity contribution >= 4 is 11.8 Å². The molecule has 5 heteroatoms. The molecule has 3 atom stereocenters. The maximum absolute atomic E-state index is 13.2. The average Bonchev–Trinajstić information content (AvgIpc) is 3.16. The summed E-state index contributed by atoms with van der Waals surface area (Å²) in [7, 11) is 0. The van der Waals surface area contributed by atoms with Gasteiger partial charge in [-0.2, -0.15) is 0 Å². The summed E-state index contributed by atoms with van der Waals surface area (Å²) in [5.74, 6) is -0.0421. The Balaban J connectivity index is 1.75. The molecule has 134 valence electrons. The number of rotatable bonds is 3. The van der Waals surface area contributed by atoms with Gasteiger partial charge in [-0.1, -0.05) is 31.5 Å². The molecule has 3 saturated heterocycles. The van der Waals surface area contributed by atoms with Crippen molar-refractivity contribution in [1.29, 1.82) is 0 Å². The first-order valence-electron chi connectivity index (χ1n) is 9.37. The highest BCUT2D eigenvalue weighted by molar-refractivity contribution is 6.10. The number of hydrazine groups is 1. The van der Waals surface area contributed by atoms with Crippen molar-refractivity contribution in [3.8, 4) is 0 Å². The molecule has 1 aromatic rings. The zero-order chi connectivity index (χ0) is 17.7. The van der Waals surface area contributed by atoms with Crippen molar-refractivity contribution < 1.29 is 14.3 Å². The third-order valence-corrected chi connectivity index (χ3v) is 5.99. The second kappa shape index (κ2) is 6.13. The van der Waals surface area contributed by atoms with E-state index in [4.69, 9.17) is 4.74 Å². The predicted octanol–water partition coefficient (Wildman–Crippen LogP) is 2.07. The van der Waals surface area contributed by atoms with Crippen LogP contribution in [0.5, 0.6) is 0 Å². The van der Waals surface area contributed by atoms with Crippen LogP contribution < -0.4 is 0 Å². The van der Waals surface area contributed by atoms with Gasteiger partial charge in [0.05, 0.1) is 13.2 Å². The Morgan fingerprint density at radius 1 is 0.960 bits per heavy atom. The fourth-order valence-corrected chi connectivity index (χ4v) is 4.67. The number of hydrogen-bond acceptors (Lipinski definition) is 3. The molecule has 5 nitrogen and oxygen atoms in total. The number of nitrogens with zero attached hydrogens (tertiary/aromatic N) is 2. The summed E-state index contributed by atoms with van der Waals surface area (Å²) in [5, 5.41) is 3.39. The molecule has 0 aromatic heterocycles. The van der Waals surface area contributed by atoms with Gasteiger partial charge >= 0.3 is 0 Å². The molecule has 0 radical (unpaired) electrons. The predicted molar refractivity (Wildman–Crippen MR) is 93.9 cm³/mol. The smallest absolute Gasteiger partial charge is 0.258 e. The largest absolute Gasteiger partial charge is 0.381 e. The third-order valence-electron chi connectivity index (χ3n) is 5.99. The summed E-state index contributed by atoms with van der Waals surface area (Å²) in [6.07, 6.45) is 1.67. The maximum Gasteiger partial charge on any atom is 0.258 e. The van der Waals surface area contributed by atoms with E-state index in [2.05, 4.69) is 32.9 Å². The van der Waals surface area contributed by atoms with Gasteiger partial charge in [-0.3, -0.25) is 19.6 Å². The van der Waals surface area contributed by atoms with Crippen LogP contribution in [0.4, 0.5) is 0 Å². The molecule has 1 aromatic carbocycles. The average molecular weight is 342 g/mol.